The van der Waals surface area contributed by atoms with Crippen molar-refractivity contribution in [2.45, 2.75) is 12.8 Å². The molecule has 0 saturated heterocycles. The van der Waals surface area contributed by atoms with Crippen LogP contribution in [0, 0.1) is 0 Å². The number of hydrogen-bond donors (Lipinski definition) is 2. The van der Waals surface area contributed by atoms with Crippen LogP contribution in [-0.2, 0) is 12.8 Å². The van der Waals surface area contributed by atoms with Gasteiger partial charge in [-0.05, 0) is 42.3 Å². The number of nitrogens with one attached hydrogen (secondary N) is 2. The first-order valence-corrected chi connectivity index (χ1v) is 10.0. The summed E-state index contributed by atoms with van der Waals surface area (Å²) in [5, 5.41) is 8.37. The van der Waals surface area contributed by atoms with Crippen LogP contribution in [0.3, 0.4) is 0 Å². The first kappa shape index (κ1) is 19.2. The number of benzene rings is 2. The SMILES string of the molecule is Clc1ccc2c(NCCc3ccccn3)nc(NCCc3ccccc3)nc2c1. The van der Waals surface area contributed by atoms with Gasteiger partial charge < -0.3 is 10.6 Å². The fourth-order valence-electron chi connectivity index (χ4n) is 3.13. The van der Waals surface area contributed by atoms with Crippen molar-refractivity contribution >= 4 is 34.3 Å². The van der Waals surface area contributed by atoms with Crippen LogP contribution >= 0.6 is 11.6 Å². The van der Waals surface area contributed by atoms with Crippen LogP contribution in [0.5, 0.6) is 0 Å². The normalized spacial score (nSPS) is 10.8. The second kappa shape index (κ2) is 9.34. The highest BCUT2D eigenvalue weighted by Crippen LogP contribution is 2.25. The lowest BCUT2D eigenvalue weighted by molar-refractivity contribution is 0.950. The summed E-state index contributed by atoms with van der Waals surface area (Å²) in [6.07, 6.45) is 3.53. The second-order valence-corrected chi connectivity index (χ2v) is 7.15. The smallest absolute Gasteiger partial charge is 0.225 e. The Balaban J connectivity index is 1.48. The fraction of sp³-hybridized carbons (Fsp3) is 0.174. The number of rotatable bonds is 8. The zero-order valence-corrected chi connectivity index (χ0v) is 16.7. The average molecular weight is 404 g/mol. The summed E-state index contributed by atoms with van der Waals surface area (Å²) in [4.78, 5) is 13.7. The van der Waals surface area contributed by atoms with Gasteiger partial charge in [0.1, 0.15) is 5.82 Å². The first-order chi connectivity index (χ1) is 14.3. The van der Waals surface area contributed by atoms with Crippen LogP contribution in [0.2, 0.25) is 5.02 Å². The quantitative estimate of drug-likeness (QED) is 0.434. The molecule has 0 spiro atoms. The van der Waals surface area contributed by atoms with E-state index in [4.69, 9.17) is 16.6 Å². The molecule has 0 fully saturated rings. The molecule has 2 aromatic heterocycles. The molecule has 5 nitrogen and oxygen atoms in total. The third kappa shape index (κ3) is 5.21. The van der Waals surface area contributed by atoms with Gasteiger partial charge in [0.05, 0.1) is 5.52 Å². The highest BCUT2D eigenvalue weighted by molar-refractivity contribution is 6.31. The van der Waals surface area contributed by atoms with Crippen molar-refractivity contribution in [2.75, 3.05) is 23.7 Å². The van der Waals surface area contributed by atoms with Crippen molar-refractivity contribution in [2.24, 2.45) is 0 Å². The van der Waals surface area contributed by atoms with E-state index in [0.717, 1.165) is 48.3 Å². The Morgan fingerprint density at radius 1 is 0.793 bits per heavy atom. The van der Waals surface area contributed by atoms with Crippen molar-refractivity contribution < 1.29 is 0 Å². The van der Waals surface area contributed by atoms with Gasteiger partial charge in [-0.2, -0.15) is 4.98 Å². The number of aromatic nitrogens is 3. The molecule has 0 bridgehead atoms. The summed E-state index contributed by atoms with van der Waals surface area (Å²) in [7, 11) is 0. The Hall–Kier alpha value is -3.18. The molecule has 2 aromatic carbocycles. The monoisotopic (exact) mass is 403 g/mol. The van der Waals surface area contributed by atoms with Gasteiger partial charge in [-0.3, -0.25) is 4.98 Å². The number of anilines is 2. The zero-order chi connectivity index (χ0) is 19.9. The summed E-state index contributed by atoms with van der Waals surface area (Å²) in [6, 6.07) is 22.0. The van der Waals surface area contributed by atoms with Gasteiger partial charge in [0, 0.05) is 41.8 Å². The molecule has 0 aliphatic rings. The third-order valence-electron chi connectivity index (χ3n) is 4.60. The summed E-state index contributed by atoms with van der Waals surface area (Å²) < 4.78 is 0. The molecule has 0 saturated carbocycles. The molecule has 0 radical (unpaired) electrons. The Morgan fingerprint density at radius 2 is 1.62 bits per heavy atom. The van der Waals surface area contributed by atoms with Gasteiger partial charge in [0.15, 0.2) is 0 Å². The molecular formula is C23H22ClN5. The molecule has 0 aliphatic carbocycles. The Bertz CT molecular complexity index is 1070. The molecule has 0 amide bonds. The molecule has 4 aromatic rings. The first-order valence-electron chi connectivity index (χ1n) is 9.67. The highest BCUT2D eigenvalue weighted by Gasteiger charge is 2.08. The number of nitrogens with zero attached hydrogens (tertiary/aromatic N) is 3. The molecular weight excluding hydrogens is 382 g/mol. The molecule has 6 heteroatoms. The van der Waals surface area contributed by atoms with Crippen LogP contribution in [-0.4, -0.2) is 28.0 Å². The van der Waals surface area contributed by atoms with E-state index in [2.05, 4.69) is 32.7 Å². The lowest BCUT2D eigenvalue weighted by atomic mass is 10.1. The van der Waals surface area contributed by atoms with Gasteiger partial charge in [0.2, 0.25) is 5.95 Å². The van der Waals surface area contributed by atoms with E-state index in [0.29, 0.717) is 11.0 Å². The minimum Gasteiger partial charge on any atom is -0.369 e. The van der Waals surface area contributed by atoms with E-state index in [1.807, 2.05) is 60.8 Å². The van der Waals surface area contributed by atoms with Gasteiger partial charge in [-0.15, -0.1) is 0 Å². The van der Waals surface area contributed by atoms with E-state index < -0.39 is 0 Å². The largest absolute Gasteiger partial charge is 0.369 e. The van der Waals surface area contributed by atoms with E-state index in [1.165, 1.54) is 5.56 Å². The molecule has 0 atom stereocenters. The molecule has 0 aliphatic heterocycles. The minimum atomic E-state index is 0.594. The third-order valence-corrected chi connectivity index (χ3v) is 4.83. The maximum atomic E-state index is 6.18. The predicted octanol–water partition coefficient (Wildman–Crippen LogP) is 4.99. The topological polar surface area (TPSA) is 62.7 Å². The zero-order valence-electron chi connectivity index (χ0n) is 16.0. The van der Waals surface area contributed by atoms with Gasteiger partial charge in [-0.1, -0.05) is 48.0 Å². The Labute approximate surface area is 175 Å². The molecule has 4 rings (SSSR count). The predicted molar refractivity (Wildman–Crippen MR) is 120 cm³/mol. The Kier molecular flexibility index (Phi) is 6.17. The summed E-state index contributed by atoms with van der Waals surface area (Å²) in [5.74, 6) is 1.39. The van der Waals surface area contributed by atoms with Crippen molar-refractivity contribution in [3.05, 3.63) is 89.2 Å². The number of halogens is 1. The van der Waals surface area contributed by atoms with E-state index in [9.17, 15) is 0 Å². The van der Waals surface area contributed by atoms with E-state index in [1.54, 1.807) is 0 Å². The number of fused-ring (bicyclic) bond motifs is 1. The second-order valence-electron chi connectivity index (χ2n) is 6.72. The standard InChI is InChI=1S/C23H22ClN5/c24-18-9-10-20-21(16-18)28-23(27-14-11-17-6-2-1-3-7-17)29-22(20)26-15-12-19-8-4-5-13-25-19/h1-10,13,16H,11-12,14-15H2,(H2,26,27,28,29). The number of pyridine rings is 1. The minimum absolute atomic E-state index is 0.594. The van der Waals surface area contributed by atoms with Gasteiger partial charge >= 0.3 is 0 Å². The maximum Gasteiger partial charge on any atom is 0.225 e. The lowest BCUT2D eigenvalue weighted by Gasteiger charge is -2.12. The van der Waals surface area contributed by atoms with Gasteiger partial charge in [0.25, 0.3) is 0 Å². The van der Waals surface area contributed by atoms with Crippen molar-refractivity contribution in [3.8, 4) is 0 Å². The Morgan fingerprint density at radius 3 is 2.45 bits per heavy atom. The van der Waals surface area contributed by atoms with Gasteiger partial charge in [-0.25, -0.2) is 4.98 Å². The molecule has 2 heterocycles. The van der Waals surface area contributed by atoms with Crippen molar-refractivity contribution in [3.63, 3.8) is 0 Å². The summed E-state index contributed by atoms with van der Waals surface area (Å²) >= 11 is 6.18. The molecule has 29 heavy (non-hydrogen) atoms. The van der Waals surface area contributed by atoms with Crippen molar-refractivity contribution in [1.29, 1.82) is 0 Å². The molecule has 146 valence electrons. The molecule has 0 unspecified atom stereocenters. The van der Waals surface area contributed by atoms with E-state index >= 15 is 0 Å². The van der Waals surface area contributed by atoms with Crippen LogP contribution in [0.25, 0.3) is 10.9 Å². The molecule has 2 N–H and O–H groups in total. The van der Waals surface area contributed by atoms with Crippen LogP contribution in [0.15, 0.2) is 72.9 Å². The van der Waals surface area contributed by atoms with E-state index in [-0.39, 0.29) is 0 Å². The highest BCUT2D eigenvalue weighted by atomic mass is 35.5. The maximum absolute atomic E-state index is 6.18. The van der Waals surface area contributed by atoms with Crippen LogP contribution in [0.4, 0.5) is 11.8 Å². The average Bonchev–Trinajstić information content (AvgIpc) is 2.75. The summed E-state index contributed by atoms with van der Waals surface area (Å²) in [6.45, 7) is 1.48. The lowest BCUT2D eigenvalue weighted by Crippen LogP contribution is -2.12. The summed E-state index contributed by atoms with van der Waals surface area (Å²) in [5.41, 5.74) is 3.13. The number of hydrogen-bond acceptors (Lipinski definition) is 5. The fourth-order valence-corrected chi connectivity index (χ4v) is 3.30. The van der Waals surface area contributed by atoms with Crippen LogP contribution < -0.4 is 10.6 Å². The van der Waals surface area contributed by atoms with Crippen molar-refractivity contribution in [1.82, 2.24) is 15.0 Å². The van der Waals surface area contributed by atoms with Crippen LogP contribution in [0.1, 0.15) is 11.3 Å².